The number of anilines is 3. The van der Waals surface area contributed by atoms with Crippen LogP contribution in [0.3, 0.4) is 0 Å². The Hall–Kier alpha value is -6.64. The van der Waals surface area contributed by atoms with Crippen LogP contribution in [-0.2, 0) is 5.41 Å². The Bertz CT molecular complexity index is 2580. The van der Waals surface area contributed by atoms with Gasteiger partial charge in [0.15, 0.2) is 0 Å². The van der Waals surface area contributed by atoms with Gasteiger partial charge in [0, 0.05) is 39.5 Å². The molecule has 0 bridgehead atoms. The number of nitrogens with zero attached hydrogens (tertiary/aromatic N) is 1. The van der Waals surface area contributed by atoms with Crippen molar-refractivity contribution in [3.8, 4) is 22.3 Å². The zero-order valence-corrected chi connectivity index (χ0v) is 27.9. The molecule has 2 heteroatoms. The maximum Gasteiger partial charge on any atom is 0.137 e. The third-order valence-corrected chi connectivity index (χ3v) is 10.5. The average Bonchev–Trinajstić information content (AvgIpc) is 3.72. The van der Waals surface area contributed by atoms with E-state index in [0.717, 1.165) is 39.0 Å². The predicted molar refractivity (Wildman–Crippen MR) is 211 cm³/mol. The number of fused-ring (bicyclic) bond motifs is 6. The van der Waals surface area contributed by atoms with Gasteiger partial charge >= 0.3 is 0 Å². The second-order valence-electron chi connectivity index (χ2n) is 13.2. The quantitative estimate of drug-likeness (QED) is 0.178. The van der Waals surface area contributed by atoms with Gasteiger partial charge in [-0.25, -0.2) is 0 Å². The highest BCUT2D eigenvalue weighted by Gasteiger charge is 2.47. The Morgan fingerprint density at radius 2 is 0.922 bits per heavy atom. The van der Waals surface area contributed by atoms with E-state index < -0.39 is 5.41 Å². The van der Waals surface area contributed by atoms with Crippen LogP contribution in [0.5, 0.6) is 0 Å². The van der Waals surface area contributed by atoms with Gasteiger partial charge < -0.3 is 9.32 Å². The highest BCUT2D eigenvalue weighted by molar-refractivity contribution is 6.18. The maximum absolute atomic E-state index is 7.04. The molecule has 1 aromatic heterocycles. The summed E-state index contributed by atoms with van der Waals surface area (Å²) in [5.74, 6) is 0. The lowest BCUT2D eigenvalue weighted by Crippen LogP contribution is -2.28. The molecule has 0 spiro atoms. The minimum atomic E-state index is -0.534. The van der Waals surface area contributed by atoms with Crippen LogP contribution in [0.1, 0.15) is 22.3 Å². The molecule has 8 aromatic carbocycles. The number of hydrogen-bond acceptors (Lipinski definition) is 2. The second kappa shape index (κ2) is 11.8. The smallest absolute Gasteiger partial charge is 0.137 e. The first-order valence-corrected chi connectivity index (χ1v) is 17.5. The van der Waals surface area contributed by atoms with Crippen molar-refractivity contribution in [2.24, 2.45) is 0 Å². The molecule has 0 radical (unpaired) electrons. The van der Waals surface area contributed by atoms with E-state index in [-0.39, 0.29) is 0 Å². The van der Waals surface area contributed by atoms with Crippen LogP contribution in [-0.4, -0.2) is 0 Å². The van der Waals surface area contributed by atoms with Gasteiger partial charge in [-0.15, -0.1) is 0 Å². The van der Waals surface area contributed by atoms with Crippen molar-refractivity contribution < 1.29 is 4.42 Å². The highest BCUT2D eigenvalue weighted by Crippen LogP contribution is 2.60. The van der Waals surface area contributed by atoms with Gasteiger partial charge in [-0.1, -0.05) is 152 Å². The van der Waals surface area contributed by atoms with Gasteiger partial charge in [0.2, 0.25) is 0 Å². The van der Waals surface area contributed by atoms with Gasteiger partial charge in [-0.05, 0) is 81.4 Å². The topological polar surface area (TPSA) is 16.4 Å². The highest BCUT2D eigenvalue weighted by atomic mass is 16.3. The Labute approximate surface area is 297 Å². The van der Waals surface area contributed by atoms with Gasteiger partial charge in [-0.3, -0.25) is 0 Å². The molecule has 1 aliphatic carbocycles. The van der Waals surface area contributed by atoms with Gasteiger partial charge in [-0.2, -0.15) is 0 Å². The Morgan fingerprint density at radius 3 is 1.53 bits per heavy atom. The standard InChI is InChI=1S/C49H33NO/c1-6-18-34(19-7-1)46-47-40-28-16-17-29-42(40)49(35-20-8-2-9-21-35,36-22-10-3-11-23-36)43(47)33-45-48(46)41-31-30-39(32-44(41)51-45)50(37-24-12-4-13-25-37)38-26-14-5-15-27-38/h1-33H. The zero-order valence-electron chi connectivity index (χ0n) is 27.9. The van der Waals surface area contributed by atoms with Gasteiger partial charge in [0.05, 0.1) is 5.41 Å². The fourth-order valence-electron chi connectivity index (χ4n) is 8.47. The van der Waals surface area contributed by atoms with Crippen molar-refractivity contribution in [3.05, 3.63) is 222 Å². The molecule has 1 heterocycles. The number of rotatable bonds is 6. The fourth-order valence-corrected chi connectivity index (χ4v) is 8.47. The molecule has 1 aliphatic rings. The van der Waals surface area contributed by atoms with Crippen LogP contribution in [0.25, 0.3) is 44.2 Å². The van der Waals surface area contributed by atoms with Crippen molar-refractivity contribution in [1.82, 2.24) is 0 Å². The number of furan rings is 1. The summed E-state index contributed by atoms with van der Waals surface area (Å²) in [5, 5.41) is 2.24. The first-order valence-electron chi connectivity index (χ1n) is 17.5. The van der Waals surface area contributed by atoms with Crippen LogP contribution >= 0.6 is 0 Å². The van der Waals surface area contributed by atoms with Crippen molar-refractivity contribution >= 4 is 39.0 Å². The molecular weight excluding hydrogens is 619 g/mol. The molecule has 51 heavy (non-hydrogen) atoms. The summed E-state index contributed by atoms with van der Waals surface area (Å²) in [5.41, 5.74) is 14.3. The molecule has 0 aliphatic heterocycles. The molecule has 0 amide bonds. The van der Waals surface area contributed by atoms with Crippen LogP contribution < -0.4 is 4.90 Å². The summed E-state index contributed by atoms with van der Waals surface area (Å²) in [6, 6.07) is 71.8. The molecule has 0 saturated heterocycles. The third kappa shape index (κ3) is 4.43. The van der Waals surface area contributed by atoms with E-state index in [9.17, 15) is 0 Å². The van der Waals surface area contributed by atoms with Crippen molar-refractivity contribution in [1.29, 1.82) is 0 Å². The SMILES string of the molecule is c1ccc(-c2c3c(cc4oc5cc(N(c6ccccc6)c6ccccc6)ccc5c24)C(c2ccccc2)(c2ccccc2)c2ccccc2-3)cc1. The first-order chi connectivity index (χ1) is 25.3. The zero-order chi connectivity index (χ0) is 33.8. The van der Waals surface area contributed by atoms with Crippen molar-refractivity contribution in [3.63, 3.8) is 0 Å². The molecule has 240 valence electrons. The second-order valence-corrected chi connectivity index (χ2v) is 13.2. The maximum atomic E-state index is 7.04. The van der Waals surface area contributed by atoms with Crippen molar-refractivity contribution in [2.75, 3.05) is 4.90 Å². The summed E-state index contributed by atoms with van der Waals surface area (Å²) >= 11 is 0. The Morgan fingerprint density at radius 1 is 0.392 bits per heavy atom. The summed E-state index contributed by atoms with van der Waals surface area (Å²) < 4.78 is 7.04. The summed E-state index contributed by atoms with van der Waals surface area (Å²) in [6.45, 7) is 0. The first kappa shape index (κ1) is 29.3. The Balaban J connectivity index is 1.32. The molecule has 0 atom stereocenters. The van der Waals surface area contributed by atoms with Crippen LogP contribution in [0, 0.1) is 0 Å². The van der Waals surface area contributed by atoms with E-state index >= 15 is 0 Å². The van der Waals surface area contributed by atoms with Crippen molar-refractivity contribution in [2.45, 2.75) is 5.41 Å². The molecule has 10 rings (SSSR count). The van der Waals surface area contributed by atoms with E-state index in [2.05, 4.69) is 205 Å². The lowest BCUT2D eigenvalue weighted by Gasteiger charge is -2.34. The summed E-state index contributed by atoms with van der Waals surface area (Å²) in [6.07, 6.45) is 0. The molecule has 9 aromatic rings. The number of benzene rings is 8. The van der Waals surface area contributed by atoms with E-state index in [1.165, 1.54) is 44.5 Å². The van der Waals surface area contributed by atoms with E-state index in [4.69, 9.17) is 4.42 Å². The van der Waals surface area contributed by atoms with E-state index in [0.29, 0.717) is 0 Å². The van der Waals surface area contributed by atoms with Gasteiger partial charge in [0.25, 0.3) is 0 Å². The van der Waals surface area contributed by atoms with Crippen LogP contribution in [0.4, 0.5) is 17.1 Å². The molecule has 0 unspecified atom stereocenters. The summed E-state index contributed by atoms with van der Waals surface area (Å²) in [4.78, 5) is 2.29. The van der Waals surface area contributed by atoms with Crippen LogP contribution in [0.15, 0.2) is 205 Å². The predicted octanol–water partition coefficient (Wildman–Crippen LogP) is 13.1. The largest absolute Gasteiger partial charge is 0.456 e. The normalized spacial score (nSPS) is 12.9. The third-order valence-electron chi connectivity index (χ3n) is 10.5. The molecule has 0 N–H and O–H groups in total. The molecule has 0 saturated carbocycles. The molecular formula is C49H33NO. The molecule has 2 nitrogen and oxygen atoms in total. The number of para-hydroxylation sites is 2. The minimum Gasteiger partial charge on any atom is -0.456 e. The number of hydrogen-bond donors (Lipinski definition) is 0. The van der Waals surface area contributed by atoms with E-state index in [1.54, 1.807) is 0 Å². The average molecular weight is 652 g/mol. The van der Waals surface area contributed by atoms with E-state index in [1.807, 2.05) is 0 Å². The monoisotopic (exact) mass is 651 g/mol. The van der Waals surface area contributed by atoms with Gasteiger partial charge in [0.1, 0.15) is 11.2 Å². The fraction of sp³-hybridized carbons (Fsp3) is 0.0204. The lowest BCUT2D eigenvalue weighted by atomic mass is 9.67. The summed E-state index contributed by atoms with van der Waals surface area (Å²) in [7, 11) is 0. The minimum absolute atomic E-state index is 0.534. The Kier molecular flexibility index (Phi) is 6.75. The lowest BCUT2D eigenvalue weighted by molar-refractivity contribution is 0.666. The molecule has 0 fully saturated rings. The van der Waals surface area contributed by atoms with Crippen LogP contribution in [0.2, 0.25) is 0 Å².